The minimum Gasteiger partial charge on any atom is -0.507 e. The number of phenols is 1. The topological polar surface area (TPSA) is 46.5 Å². The number of carbonyl (C=O) groups excluding carboxylic acids is 1. The van der Waals surface area contributed by atoms with Crippen molar-refractivity contribution in [1.29, 1.82) is 0 Å². The number of alkyl halides is 3. The first-order valence-electron chi connectivity index (χ1n) is 5.92. The quantitative estimate of drug-likeness (QED) is 0.879. The van der Waals surface area contributed by atoms with Crippen LogP contribution in [0.3, 0.4) is 0 Å². The van der Waals surface area contributed by atoms with Gasteiger partial charge < -0.3 is 9.84 Å². The van der Waals surface area contributed by atoms with Crippen LogP contribution in [-0.2, 0) is 6.18 Å². The Hall–Kier alpha value is -2.50. The Morgan fingerprint density at radius 1 is 1.10 bits per heavy atom. The molecule has 6 heteroatoms. The molecular weight excluding hydrogens is 285 g/mol. The lowest BCUT2D eigenvalue weighted by Crippen LogP contribution is -2.06. The van der Waals surface area contributed by atoms with Crippen molar-refractivity contribution in [2.45, 2.75) is 6.18 Å². The van der Waals surface area contributed by atoms with Gasteiger partial charge in [0.2, 0.25) is 0 Å². The fourth-order valence-corrected chi connectivity index (χ4v) is 1.80. The van der Waals surface area contributed by atoms with E-state index in [1.807, 2.05) is 0 Å². The molecule has 2 aromatic carbocycles. The van der Waals surface area contributed by atoms with Gasteiger partial charge in [-0.05, 0) is 24.3 Å². The van der Waals surface area contributed by atoms with E-state index in [1.165, 1.54) is 25.3 Å². The van der Waals surface area contributed by atoms with Crippen LogP contribution in [0.2, 0.25) is 0 Å². The molecule has 21 heavy (non-hydrogen) atoms. The molecule has 0 aliphatic heterocycles. The number of benzene rings is 2. The number of methoxy groups -OCH3 is 1. The summed E-state index contributed by atoms with van der Waals surface area (Å²) in [5, 5.41) is 9.76. The second kappa shape index (κ2) is 5.47. The molecule has 110 valence electrons. The van der Waals surface area contributed by atoms with Crippen LogP contribution >= 0.6 is 0 Å². The van der Waals surface area contributed by atoms with Crippen molar-refractivity contribution in [3.8, 4) is 11.5 Å². The normalized spacial score (nSPS) is 11.2. The van der Waals surface area contributed by atoms with Crippen molar-refractivity contribution in [3.63, 3.8) is 0 Å². The minimum absolute atomic E-state index is 0.00411. The fourth-order valence-electron chi connectivity index (χ4n) is 1.80. The molecule has 0 amide bonds. The second-order valence-electron chi connectivity index (χ2n) is 4.29. The van der Waals surface area contributed by atoms with E-state index in [0.29, 0.717) is 5.75 Å². The molecule has 0 fully saturated rings. The van der Waals surface area contributed by atoms with Crippen molar-refractivity contribution < 1.29 is 27.8 Å². The summed E-state index contributed by atoms with van der Waals surface area (Å²) in [6, 6.07) is 7.91. The van der Waals surface area contributed by atoms with E-state index in [9.17, 15) is 23.1 Å². The molecule has 0 aliphatic carbocycles. The van der Waals surface area contributed by atoms with Crippen LogP contribution in [0.25, 0.3) is 0 Å². The predicted octanol–water partition coefficient (Wildman–Crippen LogP) is 3.65. The molecule has 0 heterocycles. The zero-order valence-corrected chi connectivity index (χ0v) is 10.9. The number of hydrogen-bond donors (Lipinski definition) is 1. The zero-order chi connectivity index (χ0) is 15.6. The molecule has 0 aliphatic rings. The summed E-state index contributed by atoms with van der Waals surface area (Å²) in [6.07, 6.45) is -4.45. The molecule has 0 saturated carbocycles. The molecule has 0 atom stereocenters. The highest BCUT2D eigenvalue weighted by molar-refractivity contribution is 6.10. The largest absolute Gasteiger partial charge is 0.507 e. The van der Waals surface area contributed by atoms with E-state index >= 15 is 0 Å². The number of aromatic hydroxyl groups is 1. The van der Waals surface area contributed by atoms with Gasteiger partial charge in [0.25, 0.3) is 0 Å². The average molecular weight is 296 g/mol. The minimum atomic E-state index is -4.45. The summed E-state index contributed by atoms with van der Waals surface area (Å²) in [5.74, 6) is -0.486. The van der Waals surface area contributed by atoms with Gasteiger partial charge in [-0.25, -0.2) is 0 Å². The maximum atomic E-state index is 12.5. The van der Waals surface area contributed by atoms with Gasteiger partial charge in [0.15, 0.2) is 5.78 Å². The molecule has 0 spiro atoms. The van der Waals surface area contributed by atoms with Gasteiger partial charge >= 0.3 is 6.18 Å². The van der Waals surface area contributed by atoms with E-state index < -0.39 is 17.5 Å². The van der Waals surface area contributed by atoms with Crippen molar-refractivity contribution in [1.82, 2.24) is 0 Å². The van der Waals surface area contributed by atoms with Gasteiger partial charge in [-0.15, -0.1) is 0 Å². The highest BCUT2D eigenvalue weighted by Crippen LogP contribution is 2.30. The number of ether oxygens (including phenoxy) is 1. The number of ketones is 1. The van der Waals surface area contributed by atoms with Crippen LogP contribution in [0.5, 0.6) is 11.5 Å². The Morgan fingerprint density at radius 3 is 2.19 bits per heavy atom. The van der Waals surface area contributed by atoms with E-state index in [4.69, 9.17) is 4.74 Å². The third-order valence-electron chi connectivity index (χ3n) is 2.92. The molecule has 0 saturated heterocycles. The number of phenolic OH excluding ortho intramolecular Hbond substituents is 1. The Balaban J connectivity index is 2.32. The lowest BCUT2D eigenvalue weighted by atomic mass is 10.0. The Kier molecular flexibility index (Phi) is 3.88. The maximum absolute atomic E-state index is 12.5. The van der Waals surface area contributed by atoms with Gasteiger partial charge in [-0.1, -0.05) is 12.1 Å². The molecule has 2 rings (SSSR count). The van der Waals surface area contributed by atoms with Crippen LogP contribution < -0.4 is 4.74 Å². The molecule has 1 N–H and O–H groups in total. The van der Waals surface area contributed by atoms with Crippen molar-refractivity contribution >= 4 is 5.78 Å². The summed E-state index contributed by atoms with van der Waals surface area (Å²) in [6.45, 7) is 0. The van der Waals surface area contributed by atoms with Crippen molar-refractivity contribution in [3.05, 3.63) is 59.2 Å². The number of carbonyl (C=O) groups is 1. The predicted molar refractivity (Wildman–Crippen MR) is 69.5 cm³/mol. The van der Waals surface area contributed by atoms with E-state index in [0.717, 1.165) is 24.3 Å². The SMILES string of the molecule is COc1ccc(C(=O)c2ccc(C(F)(F)F)cc2)c(O)c1. The van der Waals surface area contributed by atoms with Gasteiger partial charge in [0.1, 0.15) is 11.5 Å². The summed E-state index contributed by atoms with van der Waals surface area (Å²) in [5.41, 5.74) is -0.781. The zero-order valence-electron chi connectivity index (χ0n) is 10.9. The van der Waals surface area contributed by atoms with Crippen molar-refractivity contribution in [2.24, 2.45) is 0 Å². The Bertz CT molecular complexity index is 661. The van der Waals surface area contributed by atoms with Gasteiger partial charge in [0, 0.05) is 11.6 Å². The van der Waals surface area contributed by atoms with E-state index in [-0.39, 0.29) is 16.9 Å². The van der Waals surface area contributed by atoms with Crippen LogP contribution in [0, 0.1) is 0 Å². The highest BCUT2D eigenvalue weighted by atomic mass is 19.4. The molecular formula is C15H11F3O3. The number of rotatable bonds is 3. The third-order valence-corrected chi connectivity index (χ3v) is 2.92. The fraction of sp³-hybridized carbons (Fsp3) is 0.133. The van der Waals surface area contributed by atoms with Crippen LogP contribution in [0.1, 0.15) is 21.5 Å². The molecule has 0 unspecified atom stereocenters. The van der Waals surface area contributed by atoms with Crippen molar-refractivity contribution in [2.75, 3.05) is 7.11 Å². The van der Waals surface area contributed by atoms with Crippen LogP contribution in [0.4, 0.5) is 13.2 Å². The highest BCUT2D eigenvalue weighted by Gasteiger charge is 2.30. The number of hydrogen-bond acceptors (Lipinski definition) is 3. The summed E-state index contributed by atoms with van der Waals surface area (Å²) < 4.78 is 42.2. The smallest absolute Gasteiger partial charge is 0.416 e. The standard InChI is InChI=1S/C15H11F3O3/c1-21-11-6-7-12(13(19)8-11)14(20)9-2-4-10(5-3-9)15(16,17)18/h2-8,19H,1H3. The average Bonchev–Trinajstić information content (AvgIpc) is 2.45. The van der Waals surface area contributed by atoms with Gasteiger partial charge in [-0.2, -0.15) is 13.2 Å². The second-order valence-corrected chi connectivity index (χ2v) is 4.29. The molecule has 0 aromatic heterocycles. The molecule has 0 radical (unpaired) electrons. The van der Waals surface area contributed by atoms with Gasteiger partial charge in [0.05, 0.1) is 18.2 Å². The first kappa shape index (κ1) is 14.9. The Labute approximate surface area is 118 Å². The van der Waals surface area contributed by atoms with Gasteiger partial charge in [-0.3, -0.25) is 4.79 Å². The van der Waals surface area contributed by atoms with Crippen LogP contribution in [-0.4, -0.2) is 18.0 Å². The maximum Gasteiger partial charge on any atom is 0.416 e. The first-order chi connectivity index (χ1) is 9.82. The lowest BCUT2D eigenvalue weighted by molar-refractivity contribution is -0.137. The molecule has 0 bridgehead atoms. The summed E-state index contributed by atoms with van der Waals surface area (Å²) in [7, 11) is 1.41. The summed E-state index contributed by atoms with van der Waals surface area (Å²) in [4.78, 5) is 12.1. The monoisotopic (exact) mass is 296 g/mol. The Morgan fingerprint density at radius 2 is 1.71 bits per heavy atom. The van der Waals surface area contributed by atoms with E-state index in [1.54, 1.807) is 0 Å². The third kappa shape index (κ3) is 3.16. The van der Waals surface area contributed by atoms with Crippen LogP contribution in [0.15, 0.2) is 42.5 Å². The number of halogens is 3. The molecule has 3 nitrogen and oxygen atoms in total. The lowest BCUT2D eigenvalue weighted by Gasteiger charge is -2.08. The van der Waals surface area contributed by atoms with E-state index in [2.05, 4.69) is 0 Å². The molecule has 2 aromatic rings. The first-order valence-corrected chi connectivity index (χ1v) is 5.92. The summed E-state index contributed by atoms with van der Waals surface area (Å²) >= 11 is 0.